The van der Waals surface area contributed by atoms with Gasteiger partial charge in [0.2, 0.25) is 11.8 Å². The molecule has 1 fully saturated rings. The average molecular weight is 207 g/mol. The van der Waals surface area contributed by atoms with Crippen molar-refractivity contribution in [2.24, 2.45) is 5.92 Å². The van der Waals surface area contributed by atoms with Crippen LogP contribution >= 0.6 is 0 Å². The van der Waals surface area contributed by atoms with Crippen LogP contribution in [0.4, 0.5) is 5.95 Å². The molecular formula is C11H17N3O. The number of hydrogen-bond donors (Lipinski definition) is 0. The number of anilines is 1. The summed E-state index contributed by atoms with van der Waals surface area (Å²) in [6.07, 6.45) is 2.96. The first-order chi connectivity index (χ1) is 7.22. The Bertz CT molecular complexity index is 342. The van der Waals surface area contributed by atoms with E-state index in [4.69, 9.17) is 4.74 Å². The second kappa shape index (κ2) is 4.04. The van der Waals surface area contributed by atoms with E-state index in [1.807, 2.05) is 0 Å². The summed E-state index contributed by atoms with van der Waals surface area (Å²) in [6, 6.07) is 2.28. The molecule has 82 valence electrons. The summed E-state index contributed by atoms with van der Waals surface area (Å²) in [7, 11) is 1.63. The van der Waals surface area contributed by atoms with Crippen molar-refractivity contribution in [1.29, 1.82) is 0 Å². The molecule has 2 atom stereocenters. The molecule has 0 amide bonds. The minimum absolute atomic E-state index is 0.511. The van der Waals surface area contributed by atoms with E-state index < -0.39 is 0 Å². The van der Waals surface area contributed by atoms with E-state index in [1.165, 1.54) is 6.42 Å². The monoisotopic (exact) mass is 207 g/mol. The molecule has 1 aliphatic rings. The Hall–Kier alpha value is -1.32. The summed E-state index contributed by atoms with van der Waals surface area (Å²) in [5, 5.41) is 0. The lowest BCUT2D eigenvalue weighted by Crippen LogP contribution is -2.30. The number of rotatable bonds is 2. The maximum atomic E-state index is 5.10. The second-order valence-electron chi connectivity index (χ2n) is 4.10. The number of hydrogen-bond acceptors (Lipinski definition) is 4. The van der Waals surface area contributed by atoms with Gasteiger partial charge in [0.1, 0.15) is 0 Å². The molecule has 0 bridgehead atoms. The fourth-order valence-corrected chi connectivity index (χ4v) is 1.96. The molecule has 0 aromatic carbocycles. The first-order valence-electron chi connectivity index (χ1n) is 5.36. The second-order valence-corrected chi connectivity index (χ2v) is 4.10. The summed E-state index contributed by atoms with van der Waals surface area (Å²) in [4.78, 5) is 10.9. The topological polar surface area (TPSA) is 38.2 Å². The third-order valence-corrected chi connectivity index (χ3v) is 3.22. The predicted octanol–water partition coefficient (Wildman–Crippen LogP) is 1.72. The zero-order chi connectivity index (χ0) is 10.8. The van der Waals surface area contributed by atoms with E-state index in [2.05, 4.69) is 28.7 Å². The molecule has 15 heavy (non-hydrogen) atoms. The van der Waals surface area contributed by atoms with Gasteiger partial charge in [0, 0.05) is 24.8 Å². The molecule has 0 N–H and O–H groups in total. The quantitative estimate of drug-likeness (QED) is 0.740. The lowest BCUT2D eigenvalue weighted by Gasteiger charge is -2.23. The third-order valence-electron chi connectivity index (χ3n) is 3.22. The average Bonchev–Trinajstić information content (AvgIpc) is 2.60. The molecule has 4 nitrogen and oxygen atoms in total. The lowest BCUT2D eigenvalue weighted by atomic mass is 10.1. The van der Waals surface area contributed by atoms with Gasteiger partial charge in [-0.05, 0) is 19.3 Å². The van der Waals surface area contributed by atoms with E-state index in [0.717, 1.165) is 12.5 Å². The molecule has 0 aliphatic carbocycles. The molecule has 2 heterocycles. The third kappa shape index (κ3) is 1.89. The highest BCUT2D eigenvalue weighted by atomic mass is 16.5. The molecule has 1 aliphatic heterocycles. The molecule has 1 saturated heterocycles. The Kier molecular flexibility index (Phi) is 2.75. The Morgan fingerprint density at radius 1 is 1.47 bits per heavy atom. The van der Waals surface area contributed by atoms with Crippen molar-refractivity contribution in [1.82, 2.24) is 9.97 Å². The SMILES string of the molecule is COc1ccnc(N2CCC(C)C2C)n1. The first-order valence-corrected chi connectivity index (χ1v) is 5.36. The summed E-state index contributed by atoms with van der Waals surface area (Å²) in [5.41, 5.74) is 0. The summed E-state index contributed by atoms with van der Waals surface area (Å²) in [5.74, 6) is 2.12. The van der Waals surface area contributed by atoms with E-state index in [0.29, 0.717) is 17.8 Å². The Morgan fingerprint density at radius 3 is 2.87 bits per heavy atom. The van der Waals surface area contributed by atoms with Gasteiger partial charge in [0.05, 0.1) is 7.11 Å². The van der Waals surface area contributed by atoms with Crippen LogP contribution in [0.25, 0.3) is 0 Å². The molecule has 0 saturated carbocycles. The van der Waals surface area contributed by atoms with Crippen LogP contribution in [-0.4, -0.2) is 29.7 Å². The van der Waals surface area contributed by atoms with Crippen LogP contribution in [0, 0.1) is 5.92 Å². The van der Waals surface area contributed by atoms with Gasteiger partial charge in [-0.15, -0.1) is 0 Å². The zero-order valence-electron chi connectivity index (χ0n) is 9.47. The summed E-state index contributed by atoms with van der Waals surface area (Å²) < 4.78 is 5.10. The Labute approximate surface area is 90.3 Å². The molecule has 4 heteroatoms. The number of ether oxygens (including phenoxy) is 1. The zero-order valence-corrected chi connectivity index (χ0v) is 9.47. The van der Waals surface area contributed by atoms with Crippen LogP contribution in [0.15, 0.2) is 12.3 Å². The fraction of sp³-hybridized carbons (Fsp3) is 0.636. The minimum Gasteiger partial charge on any atom is -0.481 e. The molecule has 0 spiro atoms. The van der Waals surface area contributed by atoms with Crippen LogP contribution in [0.3, 0.4) is 0 Å². The standard InChI is InChI=1S/C11H17N3O/c1-8-5-7-14(9(8)2)11-12-6-4-10(13-11)15-3/h4,6,8-9H,5,7H2,1-3H3. The highest BCUT2D eigenvalue weighted by molar-refractivity contribution is 5.35. The smallest absolute Gasteiger partial charge is 0.228 e. The summed E-state index contributed by atoms with van der Waals surface area (Å²) >= 11 is 0. The highest BCUT2D eigenvalue weighted by Crippen LogP contribution is 2.27. The largest absolute Gasteiger partial charge is 0.481 e. The molecular weight excluding hydrogens is 190 g/mol. The fourth-order valence-electron chi connectivity index (χ4n) is 1.96. The maximum absolute atomic E-state index is 5.10. The van der Waals surface area contributed by atoms with Crippen LogP contribution < -0.4 is 9.64 Å². The van der Waals surface area contributed by atoms with Crippen molar-refractivity contribution in [2.75, 3.05) is 18.6 Å². The van der Waals surface area contributed by atoms with E-state index in [9.17, 15) is 0 Å². The number of aromatic nitrogens is 2. The van der Waals surface area contributed by atoms with Gasteiger partial charge in [0.15, 0.2) is 0 Å². The van der Waals surface area contributed by atoms with Gasteiger partial charge in [0.25, 0.3) is 0 Å². The first kappa shape index (κ1) is 10.2. The van der Waals surface area contributed by atoms with Gasteiger partial charge < -0.3 is 9.64 Å². The number of nitrogens with zero attached hydrogens (tertiary/aromatic N) is 3. The van der Waals surface area contributed by atoms with Crippen LogP contribution in [0.5, 0.6) is 5.88 Å². The van der Waals surface area contributed by atoms with Gasteiger partial charge in [-0.3, -0.25) is 0 Å². The van der Waals surface area contributed by atoms with E-state index in [-0.39, 0.29) is 0 Å². The predicted molar refractivity (Wildman–Crippen MR) is 59.2 cm³/mol. The van der Waals surface area contributed by atoms with Crippen LogP contribution in [-0.2, 0) is 0 Å². The minimum atomic E-state index is 0.511. The van der Waals surface area contributed by atoms with Crippen molar-refractivity contribution >= 4 is 5.95 Å². The van der Waals surface area contributed by atoms with Crippen molar-refractivity contribution < 1.29 is 4.74 Å². The van der Waals surface area contributed by atoms with Crippen LogP contribution in [0.2, 0.25) is 0 Å². The Balaban J connectivity index is 2.22. The van der Waals surface area contributed by atoms with E-state index >= 15 is 0 Å². The van der Waals surface area contributed by atoms with Crippen LogP contribution in [0.1, 0.15) is 20.3 Å². The van der Waals surface area contributed by atoms with Crippen molar-refractivity contribution in [3.8, 4) is 5.88 Å². The normalized spacial score (nSPS) is 25.7. The molecule has 2 unspecified atom stereocenters. The molecule has 0 radical (unpaired) electrons. The maximum Gasteiger partial charge on any atom is 0.228 e. The van der Waals surface area contributed by atoms with Gasteiger partial charge in [-0.2, -0.15) is 4.98 Å². The van der Waals surface area contributed by atoms with Crippen molar-refractivity contribution in [3.05, 3.63) is 12.3 Å². The van der Waals surface area contributed by atoms with E-state index in [1.54, 1.807) is 19.4 Å². The number of methoxy groups -OCH3 is 1. The highest BCUT2D eigenvalue weighted by Gasteiger charge is 2.29. The van der Waals surface area contributed by atoms with Crippen molar-refractivity contribution in [2.45, 2.75) is 26.3 Å². The Morgan fingerprint density at radius 2 is 2.27 bits per heavy atom. The molecule has 2 rings (SSSR count). The summed E-state index contributed by atoms with van der Waals surface area (Å²) in [6.45, 7) is 5.53. The lowest BCUT2D eigenvalue weighted by molar-refractivity contribution is 0.396. The van der Waals surface area contributed by atoms with Crippen molar-refractivity contribution in [3.63, 3.8) is 0 Å². The molecule has 1 aromatic rings. The van der Waals surface area contributed by atoms with Gasteiger partial charge in [-0.25, -0.2) is 4.98 Å². The van der Waals surface area contributed by atoms with Gasteiger partial charge in [-0.1, -0.05) is 6.92 Å². The van der Waals surface area contributed by atoms with Gasteiger partial charge >= 0.3 is 0 Å². The molecule has 1 aromatic heterocycles.